The van der Waals surface area contributed by atoms with Crippen LogP contribution in [0, 0.1) is 0 Å². The molecule has 1 saturated heterocycles. The number of rotatable bonds is 3. The van der Waals surface area contributed by atoms with Gasteiger partial charge in [0, 0.05) is 19.3 Å². The van der Waals surface area contributed by atoms with E-state index in [-0.39, 0.29) is 18.7 Å². The van der Waals surface area contributed by atoms with Crippen LogP contribution in [0.25, 0.3) is 0 Å². The summed E-state index contributed by atoms with van der Waals surface area (Å²) < 4.78 is 12.5. The van der Waals surface area contributed by atoms with Crippen molar-refractivity contribution in [2.24, 2.45) is 0 Å². The number of nitrogens with zero attached hydrogens (tertiary/aromatic N) is 4. The van der Waals surface area contributed by atoms with Crippen molar-refractivity contribution >= 4 is 5.91 Å². The molecule has 1 aromatic heterocycles. The van der Waals surface area contributed by atoms with Crippen LogP contribution in [0.4, 0.5) is 0 Å². The molecule has 22 heavy (non-hydrogen) atoms. The third kappa shape index (κ3) is 2.38. The van der Waals surface area contributed by atoms with Crippen LogP contribution in [0.5, 0.6) is 11.5 Å². The van der Waals surface area contributed by atoms with Crippen molar-refractivity contribution in [3.63, 3.8) is 0 Å². The normalized spacial score (nSPS) is 19.6. The number of hydrogen-bond donors (Lipinski definition) is 0. The number of amides is 1. The molecule has 114 valence electrons. The zero-order valence-corrected chi connectivity index (χ0v) is 12.0. The van der Waals surface area contributed by atoms with E-state index in [0.717, 1.165) is 24.3 Å². The van der Waals surface area contributed by atoms with Gasteiger partial charge in [-0.25, -0.2) is 4.68 Å². The van der Waals surface area contributed by atoms with Gasteiger partial charge in [0.25, 0.3) is 0 Å². The van der Waals surface area contributed by atoms with Gasteiger partial charge < -0.3 is 14.4 Å². The molecule has 7 nitrogen and oxygen atoms in total. The molecule has 4 rings (SSSR count). The predicted octanol–water partition coefficient (Wildman–Crippen LogP) is 1.02. The van der Waals surface area contributed by atoms with Crippen LogP contribution in [0.2, 0.25) is 0 Å². The number of fused-ring (bicyclic) bond motifs is 1. The van der Waals surface area contributed by atoms with Gasteiger partial charge >= 0.3 is 0 Å². The number of hydrogen-bond acceptors (Lipinski definition) is 5. The minimum absolute atomic E-state index is 0.126. The number of aromatic nitrogens is 3. The second-order valence-electron chi connectivity index (χ2n) is 5.53. The van der Waals surface area contributed by atoms with Crippen LogP contribution < -0.4 is 9.47 Å². The number of likely N-dealkylation sites (tertiary alicyclic amines) is 1. The van der Waals surface area contributed by atoms with E-state index < -0.39 is 0 Å². The van der Waals surface area contributed by atoms with E-state index in [1.165, 1.54) is 0 Å². The lowest BCUT2D eigenvalue weighted by Crippen LogP contribution is -2.30. The summed E-state index contributed by atoms with van der Waals surface area (Å²) in [6.45, 7) is 1.69. The molecule has 0 N–H and O–H groups in total. The molecule has 3 heterocycles. The Morgan fingerprint density at radius 3 is 3.09 bits per heavy atom. The first-order valence-corrected chi connectivity index (χ1v) is 7.32. The summed E-state index contributed by atoms with van der Waals surface area (Å²) in [5, 5.41) is 7.84. The number of carbonyl (C=O) groups is 1. The maximum atomic E-state index is 12.4. The van der Waals surface area contributed by atoms with E-state index >= 15 is 0 Å². The van der Waals surface area contributed by atoms with Crippen LogP contribution in [0.3, 0.4) is 0 Å². The highest BCUT2D eigenvalue weighted by atomic mass is 16.7. The SMILES string of the molecule is O=C(Cc1ccc2c(c1)OCO2)N1CCC(n2ccnn2)C1. The fraction of sp³-hybridized carbons (Fsp3) is 0.400. The highest BCUT2D eigenvalue weighted by molar-refractivity contribution is 5.79. The zero-order valence-electron chi connectivity index (χ0n) is 12.0. The van der Waals surface area contributed by atoms with Crippen molar-refractivity contribution in [1.82, 2.24) is 19.9 Å². The van der Waals surface area contributed by atoms with Crippen LogP contribution in [0.15, 0.2) is 30.6 Å². The highest BCUT2D eigenvalue weighted by Gasteiger charge is 2.28. The third-order valence-electron chi connectivity index (χ3n) is 4.12. The Kier molecular flexibility index (Phi) is 3.17. The predicted molar refractivity (Wildman–Crippen MR) is 76.5 cm³/mol. The van der Waals surface area contributed by atoms with Crippen LogP contribution in [-0.4, -0.2) is 45.7 Å². The first-order chi connectivity index (χ1) is 10.8. The Morgan fingerprint density at radius 1 is 1.32 bits per heavy atom. The molecule has 2 aliphatic heterocycles. The van der Waals surface area contributed by atoms with Gasteiger partial charge in [0.05, 0.1) is 18.7 Å². The van der Waals surface area contributed by atoms with Crippen LogP contribution >= 0.6 is 0 Å². The van der Waals surface area contributed by atoms with Gasteiger partial charge in [0.15, 0.2) is 11.5 Å². The summed E-state index contributed by atoms with van der Waals surface area (Å²) >= 11 is 0. The van der Waals surface area contributed by atoms with E-state index in [1.54, 1.807) is 6.20 Å². The van der Waals surface area contributed by atoms with Crippen molar-refractivity contribution < 1.29 is 14.3 Å². The molecule has 1 atom stereocenters. The first kappa shape index (κ1) is 13.1. The Morgan fingerprint density at radius 2 is 2.23 bits per heavy atom. The number of ether oxygens (including phenoxy) is 2. The monoisotopic (exact) mass is 300 g/mol. The Balaban J connectivity index is 1.40. The van der Waals surface area contributed by atoms with Crippen molar-refractivity contribution in [1.29, 1.82) is 0 Å². The van der Waals surface area contributed by atoms with E-state index in [1.807, 2.05) is 34.0 Å². The van der Waals surface area contributed by atoms with E-state index in [9.17, 15) is 4.79 Å². The van der Waals surface area contributed by atoms with Crippen molar-refractivity contribution in [2.45, 2.75) is 18.9 Å². The van der Waals surface area contributed by atoms with Crippen LogP contribution in [0.1, 0.15) is 18.0 Å². The topological polar surface area (TPSA) is 69.5 Å². The quantitative estimate of drug-likeness (QED) is 0.846. The minimum atomic E-state index is 0.126. The van der Waals surface area contributed by atoms with Crippen molar-refractivity contribution in [3.05, 3.63) is 36.2 Å². The summed E-state index contributed by atoms with van der Waals surface area (Å²) in [6, 6.07) is 5.87. The molecular weight excluding hydrogens is 284 g/mol. The average molecular weight is 300 g/mol. The van der Waals surface area contributed by atoms with Gasteiger partial charge in [0.1, 0.15) is 0 Å². The minimum Gasteiger partial charge on any atom is -0.454 e. The molecule has 0 aliphatic carbocycles. The fourth-order valence-electron chi connectivity index (χ4n) is 2.93. The molecule has 0 saturated carbocycles. The summed E-state index contributed by atoms with van der Waals surface area (Å²) in [5.41, 5.74) is 0.943. The van der Waals surface area contributed by atoms with Gasteiger partial charge in [-0.05, 0) is 24.1 Å². The largest absolute Gasteiger partial charge is 0.454 e. The lowest BCUT2D eigenvalue weighted by molar-refractivity contribution is -0.129. The molecule has 0 spiro atoms. The molecule has 7 heteroatoms. The summed E-state index contributed by atoms with van der Waals surface area (Å²) in [6.07, 6.45) is 4.80. The van der Waals surface area contributed by atoms with Gasteiger partial charge in [-0.3, -0.25) is 4.79 Å². The van der Waals surface area contributed by atoms with E-state index in [2.05, 4.69) is 10.3 Å². The molecule has 1 fully saturated rings. The molecule has 1 amide bonds. The van der Waals surface area contributed by atoms with Gasteiger partial charge in [-0.2, -0.15) is 0 Å². The second kappa shape index (κ2) is 5.32. The molecule has 0 bridgehead atoms. The zero-order chi connectivity index (χ0) is 14.9. The highest BCUT2D eigenvalue weighted by Crippen LogP contribution is 2.32. The lowest BCUT2D eigenvalue weighted by Gasteiger charge is -2.16. The number of benzene rings is 1. The summed E-state index contributed by atoms with van der Waals surface area (Å²) in [7, 11) is 0. The Bertz CT molecular complexity index is 686. The maximum absolute atomic E-state index is 12.4. The van der Waals surface area contributed by atoms with E-state index in [0.29, 0.717) is 18.7 Å². The van der Waals surface area contributed by atoms with Gasteiger partial charge in [-0.1, -0.05) is 11.3 Å². The maximum Gasteiger partial charge on any atom is 0.231 e. The Labute approximate surface area is 127 Å². The third-order valence-corrected chi connectivity index (χ3v) is 4.12. The fourth-order valence-corrected chi connectivity index (χ4v) is 2.93. The lowest BCUT2D eigenvalue weighted by atomic mass is 10.1. The van der Waals surface area contributed by atoms with Crippen molar-refractivity contribution in [3.8, 4) is 11.5 Å². The molecule has 1 unspecified atom stereocenters. The molecule has 0 radical (unpaired) electrons. The van der Waals surface area contributed by atoms with Gasteiger partial charge in [0.2, 0.25) is 12.7 Å². The summed E-state index contributed by atoms with van der Waals surface area (Å²) in [4.78, 5) is 14.3. The van der Waals surface area contributed by atoms with Gasteiger partial charge in [-0.15, -0.1) is 5.10 Å². The smallest absolute Gasteiger partial charge is 0.231 e. The summed E-state index contributed by atoms with van der Waals surface area (Å²) in [5.74, 6) is 1.58. The molecule has 1 aromatic carbocycles. The second-order valence-corrected chi connectivity index (χ2v) is 5.53. The van der Waals surface area contributed by atoms with Crippen LogP contribution in [-0.2, 0) is 11.2 Å². The molecular formula is C15H16N4O3. The number of carbonyl (C=O) groups excluding carboxylic acids is 1. The first-order valence-electron chi connectivity index (χ1n) is 7.32. The van der Waals surface area contributed by atoms with Crippen molar-refractivity contribution in [2.75, 3.05) is 19.9 Å². The molecule has 2 aliphatic rings. The average Bonchev–Trinajstić information content (AvgIpc) is 3.26. The standard InChI is InChI=1S/C15H16N4O3/c20-15(8-11-1-2-13-14(7-11)22-10-21-13)18-5-3-12(9-18)19-6-4-16-17-19/h1-2,4,6-7,12H,3,5,8-10H2. The Hall–Kier alpha value is -2.57. The molecule has 2 aromatic rings. The van der Waals surface area contributed by atoms with E-state index in [4.69, 9.17) is 9.47 Å².